The number of carbonyl (C=O) groups excluding carboxylic acids is 2. The maximum Gasteiger partial charge on any atom is 0.260 e. The highest BCUT2D eigenvalue weighted by molar-refractivity contribution is 7.89. The third-order valence-electron chi connectivity index (χ3n) is 6.08. The molecule has 0 saturated carbocycles. The van der Waals surface area contributed by atoms with Crippen LogP contribution in [0.1, 0.15) is 40.7 Å². The number of rotatable bonds is 5. The van der Waals surface area contributed by atoms with Crippen LogP contribution in [0.5, 0.6) is 5.75 Å². The molecule has 0 bridgehead atoms. The summed E-state index contributed by atoms with van der Waals surface area (Å²) in [5, 5.41) is 0.467. The van der Waals surface area contributed by atoms with E-state index in [1.807, 2.05) is 19.9 Å². The molecule has 0 radical (unpaired) electrons. The van der Waals surface area contributed by atoms with Crippen molar-refractivity contribution in [1.82, 2.24) is 9.21 Å². The third kappa shape index (κ3) is 4.27. The fourth-order valence-corrected chi connectivity index (χ4v) is 5.94. The second-order valence-corrected chi connectivity index (χ2v) is 10.6. The molecule has 4 rings (SSSR count). The van der Waals surface area contributed by atoms with Crippen molar-refractivity contribution in [3.05, 3.63) is 58.1 Å². The number of halogens is 1. The van der Waals surface area contributed by atoms with E-state index in [0.717, 1.165) is 11.1 Å². The van der Waals surface area contributed by atoms with Crippen molar-refractivity contribution in [3.8, 4) is 5.75 Å². The Kier molecular flexibility index (Phi) is 6.29. The topological polar surface area (TPSA) is 84.0 Å². The van der Waals surface area contributed by atoms with Gasteiger partial charge < -0.3 is 9.64 Å². The highest BCUT2D eigenvalue weighted by Gasteiger charge is 2.32. The van der Waals surface area contributed by atoms with E-state index in [0.29, 0.717) is 22.8 Å². The van der Waals surface area contributed by atoms with Gasteiger partial charge >= 0.3 is 0 Å². The number of sulfonamides is 1. The van der Waals surface area contributed by atoms with Crippen LogP contribution in [0.3, 0.4) is 0 Å². The highest BCUT2D eigenvalue weighted by Crippen LogP contribution is 2.40. The summed E-state index contributed by atoms with van der Waals surface area (Å²) in [7, 11) is -3.64. The average Bonchev–Trinajstić information content (AvgIpc) is 3.08. The summed E-state index contributed by atoms with van der Waals surface area (Å²) < 4.78 is 32.7. The van der Waals surface area contributed by atoms with E-state index in [4.69, 9.17) is 16.3 Å². The van der Waals surface area contributed by atoms with E-state index in [2.05, 4.69) is 0 Å². The van der Waals surface area contributed by atoms with Crippen molar-refractivity contribution >= 4 is 33.3 Å². The van der Waals surface area contributed by atoms with Gasteiger partial charge in [0.15, 0.2) is 12.4 Å². The zero-order valence-corrected chi connectivity index (χ0v) is 19.6. The minimum atomic E-state index is -3.64. The Bertz CT molecular complexity index is 1160. The first kappa shape index (κ1) is 22.8. The predicted molar refractivity (Wildman–Crippen MR) is 121 cm³/mol. The molecule has 0 aromatic heterocycles. The Morgan fingerprint density at radius 2 is 1.75 bits per heavy atom. The summed E-state index contributed by atoms with van der Waals surface area (Å²) in [6, 6.07) is 9.69. The Morgan fingerprint density at radius 3 is 2.41 bits per heavy atom. The number of hydrogen-bond donors (Lipinski definition) is 0. The Labute approximate surface area is 193 Å². The lowest BCUT2D eigenvalue weighted by atomic mass is 9.97. The van der Waals surface area contributed by atoms with Crippen LogP contribution in [-0.4, -0.2) is 62.1 Å². The normalized spacial score (nSPS) is 19.2. The molecule has 1 amide bonds. The van der Waals surface area contributed by atoms with Crippen molar-refractivity contribution in [1.29, 1.82) is 0 Å². The summed E-state index contributed by atoms with van der Waals surface area (Å²) in [6.07, 6.45) is 0.453. The fraction of sp³-hybridized carbons (Fsp3) is 0.391. The zero-order valence-electron chi connectivity index (χ0n) is 18.0. The quantitative estimate of drug-likeness (QED) is 0.661. The average molecular weight is 477 g/mol. The molecule has 1 aliphatic carbocycles. The number of amides is 1. The van der Waals surface area contributed by atoms with Gasteiger partial charge in [0.2, 0.25) is 10.0 Å². The maximum atomic E-state index is 12.8. The maximum absolute atomic E-state index is 12.8. The minimum absolute atomic E-state index is 0.0414. The molecule has 1 unspecified atom stereocenters. The van der Waals surface area contributed by atoms with Gasteiger partial charge in [-0.25, -0.2) is 8.42 Å². The van der Waals surface area contributed by atoms with Crippen molar-refractivity contribution in [3.63, 3.8) is 0 Å². The van der Waals surface area contributed by atoms with E-state index in [-0.39, 0.29) is 55.3 Å². The van der Waals surface area contributed by atoms with E-state index in [9.17, 15) is 18.0 Å². The second kappa shape index (κ2) is 8.84. The molecule has 0 N–H and O–H groups in total. The molecule has 1 atom stereocenters. The van der Waals surface area contributed by atoms with Gasteiger partial charge in [0.1, 0.15) is 5.75 Å². The van der Waals surface area contributed by atoms with Gasteiger partial charge in [-0.05, 0) is 54.3 Å². The number of piperazine rings is 1. The number of ether oxygens (including phenoxy) is 1. The molecule has 7 nitrogen and oxygen atoms in total. The van der Waals surface area contributed by atoms with Crippen LogP contribution in [0.2, 0.25) is 5.02 Å². The molecule has 2 aromatic carbocycles. The summed E-state index contributed by atoms with van der Waals surface area (Å²) >= 11 is 5.85. The van der Waals surface area contributed by atoms with Crippen LogP contribution in [0.4, 0.5) is 0 Å². The Morgan fingerprint density at radius 1 is 1.09 bits per heavy atom. The van der Waals surface area contributed by atoms with Crippen molar-refractivity contribution in [2.45, 2.75) is 31.1 Å². The van der Waals surface area contributed by atoms with E-state index < -0.39 is 10.0 Å². The molecule has 1 saturated heterocycles. The minimum Gasteiger partial charge on any atom is -0.483 e. The number of carbonyl (C=O) groups is 2. The van der Waals surface area contributed by atoms with Crippen molar-refractivity contribution < 1.29 is 22.7 Å². The lowest BCUT2D eigenvalue weighted by molar-refractivity contribution is -0.134. The van der Waals surface area contributed by atoms with Gasteiger partial charge in [-0.2, -0.15) is 4.31 Å². The second-order valence-electron chi connectivity index (χ2n) is 8.23. The highest BCUT2D eigenvalue weighted by atomic mass is 35.5. The summed E-state index contributed by atoms with van der Waals surface area (Å²) in [5.41, 5.74) is 2.64. The molecule has 0 spiro atoms. The predicted octanol–water partition coefficient (Wildman–Crippen LogP) is 3.25. The largest absolute Gasteiger partial charge is 0.483 e. The smallest absolute Gasteiger partial charge is 0.260 e. The molecule has 9 heteroatoms. The number of benzene rings is 2. The van der Waals surface area contributed by atoms with Crippen molar-refractivity contribution in [2.24, 2.45) is 0 Å². The summed E-state index contributed by atoms with van der Waals surface area (Å²) in [4.78, 5) is 26.9. The fourth-order valence-electron chi connectivity index (χ4n) is 4.39. The lowest BCUT2D eigenvalue weighted by Crippen LogP contribution is -2.51. The SMILES string of the molecule is Cc1ccc(OCC(=O)N2CCN(S(=O)(=O)c3ccc(Cl)cc3)CC2)c2c1C(C)CC2=O. The molecule has 2 aromatic rings. The van der Waals surface area contributed by atoms with E-state index >= 15 is 0 Å². The number of ketones is 1. The third-order valence-corrected chi connectivity index (χ3v) is 8.25. The molecule has 1 heterocycles. The van der Waals surface area contributed by atoms with Crippen LogP contribution in [0.25, 0.3) is 0 Å². The van der Waals surface area contributed by atoms with Gasteiger partial charge in [-0.1, -0.05) is 24.6 Å². The van der Waals surface area contributed by atoms with Crippen LogP contribution < -0.4 is 4.74 Å². The van der Waals surface area contributed by atoms with Gasteiger partial charge in [-0.3, -0.25) is 9.59 Å². The number of Topliss-reactive ketones (excluding diaryl/α,β-unsaturated/α-hetero) is 1. The Balaban J connectivity index is 1.37. The summed E-state index contributed by atoms with van der Waals surface area (Å²) in [5.74, 6) is 0.394. The first-order chi connectivity index (χ1) is 15.2. The molecular formula is C23H25ClN2O5S. The van der Waals surface area contributed by atoms with E-state index in [1.54, 1.807) is 23.1 Å². The zero-order chi connectivity index (χ0) is 23.0. The standard InChI is InChI=1S/C23H25ClN2O5S/c1-15-3-8-20(23-19(27)13-16(2)22(15)23)31-14-21(28)25-9-11-26(12-10-25)32(29,30)18-6-4-17(24)5-7-18/h3-8,16H,9-14H2,1-2H3. The Hall–Kier alpha value is -2.42. The number of aryl methyl sites for hydroxylation is 1. The van der Waals surface area contributed by atoms with Crippen LogP contribution in [-0.2, 0) is 14.8 Å². The molecule has 2 aliphatic rings. The lowest BCUT2D eigenvalue weighted by Gasteiger charge is -2.34. The van der Waals surface area contributed by atoms with Crippen LogP contribution in [0, 0.1) is 6.92 Å². The summed E-state index contributed by atoms with van der Waals surface area (Å²) in [6.45, 7) is 4.75. The van der Waals surface area contributed by atoms with Gasteiger partial charge in [0, 0.05) is 37.6 Å². The van der Waals surface area contributed by atoms with Gasteiger partial charge in [0.25, 0.3) is 5.91 Å². The monoisotopic (exact) mass is 476 g/mol. The molecule has 1 fully saturated rings. The molecular weight excluding hydrogens is 452 g/mol. The first-order valence-corrected chi connectivity index (χ1v) is 12.3. The molecule has 32 heavy (non-hydrogen) atoms. The number of fused-ring (bicyclic) bond motifs is 1. The number of nitrogens with zero attached hydrogens (tertiary/aromatic N) is 2. The molecule has 1 aliphatic heterocycles. The van der Waals surface area contributed by atoms with E-state index in [1.165, 1.54) is 16.4 Å². The molecule has 170 valence electrons. The van der Waals surface area contributed by atoms with Crippen molar-refractivity contribution in [2.75, 3.05) is 32.8 Å². The van der Waals surface area contributed by atoms with Crippen LogP contribution in [0.15, 0.2) is 41.3 Å². The first-order valence-electron chi connectivity index (χ1n) is 10.5. The van der Waals surface area contributed by atoms with Gasteiger partial charge in [-0.15, -0.1) is 0 Å². The number of hydrogen-bond acceptors (Lipinski definition) is 5. The van der Waals surface area contributed by atoms with Crippen LogP contribution >= 0.6 is 11.6 Å². The van der Waals surface area contributed by atoms with Gasteiger partial charge in [0.05, 0.1) is 10.5 Å².